The summed E-state index contributed by atoms with van der Waals surface area (Å²) in [5, 5.41) is 10.4. The van der Waals surface area contributed by atoms with Gasteiger partial charge in [0.2, 0.25) is 21.8 Å². The van der Waals surface area contributed by atoms with Crippen molar-refractivity contribution in [3.63, 3.8) is 0 Å². The van der Waals surface area contributed by atoms with Crippen molar-refractivity contribution >= 4 is 27.5 Å². The average molecular weight is 432 g/mol. The van der Waals surface area contributed by atoms with E-state index in [9.17, 15) is 23.1 Å². The van der Waals surface area contributed by atoms with Gasteiger partial charge in [0.1, 0.15) is 13.2 Å². The van der Waals surface area contributed by atoms with Gasteiger partial charge in [0.05, 0.1) is 16.7 Å². The van der Waals surface area contributed by atoms with Crippen LogP contribution in [0.5, 0.6) is 11.5 Å². The molecule has 0 spiro atoms. The smallest absolute Gasteiger partial charge is 0.240 e. The second-order valence-corrected chi connectivity index (χ2v) is 8.65. The van der Waals surface area contributed by atoms with Gasteiger partial charge < -0.3 is 14.6 Å². The van der Waals surface area contributed by atoms with Crippen molar-refractivity contribution in [1.29, 1.82) is 0 Å². The number of hydrogen-bond acceptors (Lipinski definition) is 7. The topological polar surface area (TPSA) is 122 Å². The van der Waals surface area contributed by atoms with Crippen LogP contribution in [-0.4, -0.2) is 45.1 Å². The number of aliphatic hydroxyl groups is 1. The largest absolute Gasteiger partial charge is 0.486 e. The maximum absolute atomic E-state index is 12.5. The molecule has 2 heterocycles. The number of nitrogens with one attached hydrogen (secondary N) is 1. The summed E-state index contributed by atoms with van der Waals surface area (Å²) in [7, 11) is -3.90. The van der Waals surface area contributed by atoms with Crippen LogP contribution in [0, 0.1) is 0 Å². The highest BCUT2D eigenvalue weighted by molar-refractivity contribution is 7.89. The Bertz CT molecular complexity index is 1070. The van der Waals surface area contributed by atoms with E-state index in [0.717, 1.165) is 4.90 Å². The van der Waals surface area contributed by atoms with Crippen LogP contribution in [0.3, 0.4) is 0 Å². The number of amides is 2. The highest BCUT2D eigenvalue weighted by Gasteiger charge is 2.30. The number of anilines is 1. The standard InChI is InChI=1S/C20H20N2O7S/c23-16(13-1-6-17-18(11-13)29-10-9-28-17)12-21-30(26,27)15-4-2-14(3-5-15)22-19(24)7-8-20(22)25/h1-6,11,16,21,23H,7-10,12H2. The summed E-state index contributed by atoms with van der Waals surface area (Å²) in [6.45, 7) is 0.615. The number of hydrogen-bond donors (Lipinski definition) is 2. The number of nitrogens with zero attached hydrogens (tertiary/aromatic N) is 1. The number of aliphatic hydroxyl groups excluding tert-OH is 1. The minimum atomic E-state index is -3.90. The molecule has 0 aromatic heterocycles. The number of carbonyl (C=O) groups is 2. The van der Waals surface area contributed by atoms with Crippen molar-refractivity contribution in [2.45, 2.75) is 23.8 Å². The van der Waals surface area contributed by atoms with Gasteiger partial charge in [-0.3, -0.25) is 14.5 Å². The van der Waals surface area contributed by atoms with E-state index in [0.29, 0.717) is 36.0 Å². The fourth-order valence-corrected chi connectivity index (χ4v) is 4.33. The van der Waals surface area contributed by atoms with Crippen molar-refractivity contribution < 1.29 is 32.6 Å². The first-order chi connectivity index (χ1) is 14.3. The minimum absolute atomic E-state index is 0.0419. The molecule has 2 aromatic rings. The Morgan fingerprint density at radius 2 is 1.60 bits per heavy atom. The molecule has 2 N–H and O–H groups in total. The van der Waals surface area contributed by atoms with E-state index in [-0.39, 0.29) is 36.1 Å². The lowest BCUT2D eigenvalue weighted by atomic mass is 10.1. The molecule has 2 aromatic carbocycles. The molecule has 2 amide bonds. The highest BCUT2D eigenvalue weighted by Crippen LogP contribution is 2.32. The second kappa shape index (κ2) is 8.05. The third-order valence-electron chi connectivity index (χ3n) is 4.87. The third kappa shape index (κ3) is 4.02. The summed E-state index contributed by atoms with van der Waals surface area (Å²) < 4.78 is 38.4. The van der Waals surface area contributed by atoms with Crippen LogP contribution < -0.4 is 19.1 Å². The Hall–Kier alpha value is -2.95. The molecule has 158 valence electrons. The minimum Gasteiger partial charge on any atom is -0.486 e. The van der Waals surface area contributed by atoms with Gasteiger partial charge in [-0.1, -0.05) is 6.07 Å². The van der Waals surface area contributed by atoms with Crippen molar-refractivity contribution in [1.82, 2.24) is 4.72 Å². The van der Waals surface area contributed by atoms with Gasteiger partial charge in [-0.05, 0) is 42.0 Å². The van der Waals surface area contributed by atoms with Crippen LogP contribution in [-0.2, 0) is 19.6 Å². The van der Waals surface area contributed by atoms with Crippen molar-refractivity contribution in [3.8, 4) is 11.5 Å². The molecule has 0 aliphatic carbocycles. The Morgan fingerprint density at radius 1 is 0.967 bits per heavy atom. The van der Waals surface area contributed by atoms with Crippen LogP contribution in [0.1, 0.15) is 24.5 Å². The van der Waals surface area contributed by atoms with Gasteiger partial charge in [-0.25, -0.2) is 13.1 Å². The zero-order valence-corrected chi connectivity index (χ0v) is 16.7. The maximum Gasteiger partial charge on any atom is 0.240 e. The van der Waals surface area contributed by atoms with Gasteiger partial charge in [-0.15, -0.1) is 0 Å². The second-order valence-electron chi connectivity index (χ2n) is 6.89. The summed E-state index contributed by atoms with van der Waals surface area (Å²) in [5.74, 6) is 0.461. The SMILES string of the molecule is O=C1CCC(=O)N1c1ccc(S(=O)(=O)NCC(O)c2ccc3c(c2)OCCO3)cc1. The van der Waals surface area contributed by atoms with Gasteiger partial charge in [0, 0.05) is 19.4 Å². The van der Waals surface area contributed by atoms with Gasteiger partial charge >= 0.3 is 0 Å². The Balaban J connectivity index is 1.43. The number of benzene rings is 2. The summed E-state index contributed by atoms with van der Waals surface area (Å²) in [6.07, 6.45) is -0.786. The summed E-state index contributed by atoms with van der Waals surface area (Å²) in [4.78, 5) is 24.6. The molecule has 2 aliphatic rings. The molecule has 9 nitrogen and oxygen atoms in total. The fraction of sp³-hybridized carbons (Fsp3) is 0.300. The molecular formula is C20H20N2O7S. The predicted molar refractivity (Wildman–Crippen MR) is 106 cm³/mol. The van der Waals surface area contributed by atoms with Gasteiger partial charge in [0.15, 0.2) is 11.5 Å². The molecule has 4 rings (SSSR count). The van der Waals surface area contributed by atoms with Crippen LogP contribution in [0.15, 0.2) is 47.4 Å². The lowest BCUT2D eigenvalue weighted by Crippen LogP contribution is -2.29. The molecule has 2 aliphatic heterocycles. The van der Waals surface area contributed by atoms with Crippen LogP contribution in [0.2, 0.25) is 0 Å². The van der Waals surface area contributed by atoms with Gasteiger partial charge in [-0.2, -0.15) is 0 Å². The van der Waals surface area contributed by atoms with Gasteiger partial charge in [0.25, 0.3) is 0 Å². The summed E-state index contributed by atoms with van der Waals surface area (Å²) in [6, 6.07) is 10.4. The molecule has 1 unspecified atom stereocenters. The van der Waals surface area contributed by atoms with E-state index in [4.69, 9.17) is 9.47 Å². The molecule has 1 atom stereocenters. The number of sulfonamides is 1. The first-order valence-electron chi connectivity index (χ1n) is 9.38. The highest BCUT2D eigenvalue weighted by atomic mass is 32.2. The van der Waals surface area contributed by atoms with E-state index in [2.05, 4.69) is 4.72 Å². The lowest BCUT2D eigenvalue weighted by molar-refractivity contribution is -0.121. The predicted octanol–water partition coefficient (Wildman–Crippen LogP) is 1.12. The summed E-state index contributed by atoms with van der Waals surface area (Å²) in [5.41, 5.74) is 0.820. The molecule has 1 fully saturated rings. The zero-order valence-electron chi connectivity index (χ0n) is 15.9. The molecule has 0 bridgehead atoms. The van der Waals surface area contributed by atoms with E-state index in [1.807, 2.05) is 0 Å². The third-order valence-corrected chi connectivity index (χ3v) is 6.31. The molecule has 0 saturated carbocycles. The molecule has 10 heteroatoms. The van der Waals surface area contributed by atoms with Crippen molar-refractivity contribution in [2.75, 3.05) is 24.7 Å². The van der Waals surface area contributed by atoms with Crippen LogP contribution >= 0.6 is 0 Å². The maximum atomic E-state index is 12.5. The fourth-order valence-electron chi connectivity index (χ4n) is 3.30. The van der Waals surface area contributed by atoms with E-state index < -0.39 is 16.1 Å². The number of fused-ring (bicyclic) bond motifs is 1. The Morgan fingerprint density at radius 3 is 2.27 bits per heavy atom. The summed E-state index contributed by atoms with van der Waals surface area (Å²) >= 11 is 0. The van der Waals surface area contributed by atoms with Crippen LogP contribution in [0.4, 0.5) is 5.69 Å². The van der Waals surface area contributed by atoms with E-state index in [1.165, 1.54) is 24.3 Å². The normalized spacial score (nSPS) is 17.3. The number of imide groups is 1. The average Bonchev–Trinajstić information content (AvgIpc) is 3.09. The first kappa shape index (κ1) is 20.3. The quantitative estimate of drug-likeness (QED) is 0.656. The molecule has 30 heavy (non-hydrogen) atoms. The van der Waals surface area contributed by atoms with E-state index in [1.54, 1.807) is 18.2 Å². The van der Waals surface area contributed by atoms with Crippen molar-refractivity contribution in [2.24, 2.45) is 0 Å². The molecular weight excluding hydrogens is 412 g/mol. The molecule has 0 radical (unpaired) electrons. The van der Waals surface area contributed by atoms with Crippen LogP contribution in [0.25, 0.3) is 0 Å². The number of carbonyl (C=O) groups excluding carboxylic acids is 2. The molecule has 1 saturated heterocycles. The number of rotatable bonds is 6. The first-order valence-corrected chi connectivity index (χ1v) is 10.9. The zero-order chi connectivity index (χ0) is 21.3. The lowest BCUT2D eigenvalue weighted by Gasteiger charge is -2.20. The number of ether oxygens (including phenoxy) is 2. The Kier molecular flexibility index (Phi) is 5.46. The van der Waals surface area contributed by atoms with E-state index >= 15 is 0 Å². The monoisotopic (exact) mass is 432 g/mol. The van der Waals surface area contributed by atoms with Crippen molar-refractivity contribution in [3.05, 3.63) is 48.0 Å². The Labute approximate surface area is 173 Å².